The SMILES string of the molecule is CC(C)NCc1cnc(-c2ccc(Cl)c(F)c2)s1. The van der Waals surface area contributed by atoms with Crippen LogP contribution in [0.15, 0.2) is 24.4 Å². The quantitative estimate of drug-likeness (QED) is 0.914. The average Bonchev–Trinajstić information content (AvgIpc) is 2.79. The molecule has 0 amide bonds. The molecule has 0 unspecified atom stereocenters. The molecule has 0 aliphatic rings. The van der Waals surface area contributed by atoms with Crippen LogP contribution in [0.25, 0.3) is 10.6 Å². The Bertz CT molecular complexity index is 540. The average molecular weight is 285 g/mol. The Balaban J connectivity index is 2.16. The number of benzene rings is 1. The fourth-order valence-electron chi connectivity index (χ4n) is 1.46. The van der Waals surface area contributed by atoms with Gasteiger partial charge in [-0.05, 0) is 12.1 Å². The van der Waals surface area contributed by atoms with Crippen molar-refractivity contribution in [1.29, 1.82) is 0 Å². The zero-order valence-electron chi connectivity index (χ0n) is 10.2. The minimum atomic E-state index is -0.411. The molecule has 0 spiro atoms. The standard InChI is InChI=1S/C13H14ClFN2S/c1-8(2)16-6-10-7-17-13(18-10)9-3-4-11(14)12(15)5-9/h3-5,7-8,16H,6H2,1-2H3. The Kier molecular flexibility index (Phi) is 4.32. The van der Waals surface area contributed by atoms with Crippen molar-refractivity contribution in [2.24, 2.45) is 0 Å². The van der Waals surface area contributed by atoms with Crippen molar-refractivity contribution >= 4 is 22.9 Å². The van der Waals surface area contributed by atoms with Gasteiger partial charge < -0.3 is 5.32 Å². The summed E-state index contributed by atoms with van der Waals surface area (Å²) in [7, 11) is 0. The molecule has 0 saturated heterocycles. The van der Waals surface area contributed by atoms with Crippen molar-refractivity contribution in [2.75, 3.05) is 0 Å². The summed E-state index contributed by atoms with van der Waals surface area (Å²) < 4.78 is 13.4. The van der Waals surface area contributed by atoms with Crippen molar-refractivity contribution < 1.29 is 4.39 Å². The zero-order valence-corrected chi connectivity index (χ0v) is 11.8. The molecule has 0 aliphatic carbocycles. The third-order valence-corrected chi connectivity index (χ3v) is 3.76. The lowest BCUT2D eigenvalue weighted by Gasteiger charge is -2.04. The van der Waals surface area contributed by atoms with E-state index >= 15 is 0 Å². The number of rotatable bonds is 4. The van der Waals surface area contributed by atoms with Crippen LogP contribution in [0.2, 0.25) is 5.02 Å². The highest BCUT2D eigenvalue weighted by atomic mass is 35.5. The Morgan fingerprint density at radius 1 is 1.44 bits per heavy atom. The molecule has 0 aliphatic heterocycles. The van der Waals surface area contributed by atoms with Gasteiger partial charge in [-0.2, -0.15) is 0 Å². The molecular formula is C13H14ClFN2S. The molecule has 0 saturated carbocycles. The van der Waals surface area contributed by atoms with E-state index < -0.39 is 5.82 Å². The summed E-state index contributed by atoms with van der Waals surface area (Å²) in [5.41, 5.74) is 0.762. The van der Waals surface area contributed by atoms with Crippen molar-refractivity contribution in [2.45, 2.75) is 26.4 Å². The van der Waals surface area contributed by atoms with Crippen molar-refractivity contribution in [3.05, 3.63) is 40.1 Å². The molecule has 5 heteroatoms. The lowest BCUT2D eigenvalue weighted by atomic mass is 10.2. The molecule has 2 nitrogen and oxygen atoms in total. The first kappa shape index (κ1) is 13.5. The fourth-order valence-corrected chi connectivity index (χ4v) is 2.43. The molecule has 0 radical (unpaired) electrons. The second-order valence-corrected chi connectivity index (χ2v) is 5.82. The molecule has 1 heterocycles. The highest BCUT2D eigenvalue weighted by Crippen LogP contribution is 2.27. The van der Waals surface area contributed by atoms with Gasteiger partial charge in [-0.25, -0.2) is 9.37 Å². The van der Waals surface area contributed by atoms with E-state index in [2.05, 4.69) is 24.1 Å². The predicted octanol–water partition coefficient (Wildman–Crippen LogP) is 4.10. The first-order valence-corrected chi connectivity index (χ1v) is 6.89. The van der Waals surface area contributed by atoms with Crippen LogP contribution >= 0.6 is 22.9 Å². The molecule has 1 aromatic carbocycles. The minimum absolute atomic E-state index is 0.136. The number of hydrogen-bond acceptors (Lipinski definition) is 3. The molecule has 18 heavy (non-hydrogen) atoms. The van der Waals surface area contributed by atoms with Crippen LogP contribution in [0.1, 0.15) is 18.7 Å². The van der Waals surface area contributed by atoms with Crippen LogP contribution in [0.5, 0.6) is 0 Å². The van der Waals surface area contributed by atoms with Crippen LogP contribution in [0, 0.1) is 5.82 Å². The first-order chi connectivity index (χ1) is 8.56. The first-order valence-electron chi connectivity index (χ1n) is 5.70. The molecule has 0 atom stereocenters. The normalized spacial score (nSPS) is 11.2. The second kappa shape index (κ2) is 5.78. The maximum atomic E-state index is 13.4. The van der Waals surface area contributed by atoms with Gasteiger partial charge in [0, 0.05) is 29.2 Å². The topological polar surface area (TPSA) is 24.9 Å². The van der Waals surface area contributed by atoms with Gasteiger partial charge in [-0.1, -0.05) is 31.5 Å². The lowest BCUT2D eigenvalue weighted by Crippen LogP contribution is -2.21. The number of hydrogen-bond donors (Lipinski definition) is 1. The predicted molar refractivity (Wildman–Crippen MR) is 74.5 cm³/mol. The van der Waals surface area contributed by atoms with Gasteiger partial charge in [-0.3, -0.25) is 0 Å². The van der Waals surface area contributed by atoms with E-state index in [-0.39, 0.29) is 5.02 Å². The highest BCUT2D eigenvalue weighted by molar-refractivity contribution is 7.15. The zero-order chi connectivity index (χ0) is 13.1. The van der Waals surface area contributed by atoms with E-state index in [1.165, 1.54) is 6.07 Å². The fraction of sp³-hybridized carbons (Fsp3) is 0.308. The van der Waals surface area contributed by atoms with Crippen LogP contribution in [0.3, 0.4) is 0 Å². The summed E-state index contributed by atoms with van der Waals surface area (Å²) in [6, 6.07) is 5.19. The van der Waals surface area contributed by atoms with Crippen LogP contribution < -0.4 is 5.32 Å². The van der Waals surface area contributed by atoms with Crippen LogP contribution in [0.4, 0.5) is 4.39 Å². The van der Waals surface area contributed by atoms with E-state index in [1.807, 2.05) is 6.20 Å². The largest absolute Gasteiger partial charge is 0.310 e. The van der Waals surface area contributed by atoms with E-state index in [9.17, 15) is 4.39 Å². The number of halogens is 2. The van der Waals surface area contributed by atoms with Crippen LogP contribution in [-0.4, -0.2) is 11.0 Å². The highest BCUT2D eigenvalue weighted by Gasteiger charge is 2.08. The van der Waals surface area contributed by atoms with Gasteiger partial charge >= 0.3 is 0 Å². The molecule has 0 bridgehead atoms. The minimum Gasteiger partial charge on any atom is -0.310 e. The summed E-state index contributed by atoms with van der Waals surface area (Å²) >= 11 is 7.22. The second-order valence-electron chi connectivity index (χ2n) is 4.30. The van der Waals surface area contributed by atoms with E-state index in [4.69, 9.17) is 11.6 Å². The van der Waals surface area contributed by atoms with Crippen molar-refractivity contribution in [1.82, 2.24) is 10.3 Å². The van der Waals surface area contributed by atoms with Gasteiger partial charge in [0.05, 0.1) is 5.02 Å². The lowest BCUT2D eigenvalue weighted by molar-refractivity contribution is 0.593. The molecule has 1 aromatic heterocycles. The number of nitrogens with one attached hydrogen (secondary N) is 1. The molecule has 96 valence electrons. The number of nitrogens with zero attached hydrogens (tertiary/aromatic N) is 1. The maximum absolute atomic E-state index is 13.4. The Morgan fingerprint density at radius 3 is 2.89 bits per heavy atom. The van der Waals surface area contributed by atoms with Gasteiger partial charge in [0.25, 0.3) is 0 Å². The molecule has 2 rings (SSSR count). The van der Waals surface area contributed by atoms with E-state index in [0.717, 1.165) is 22.0 Å². The van der Waals surface area contributed by atoms with Gasteiger partial charge in [0.2, 0.25) is 0 Å². The van der Waals surface area contributed by atoms with Gasteiger partial charge in [-0.15, -0.1) is 11.3 Å². The third-order valence-electron chi connectivity index (χ3n) is 2.40. The van der Waals surface area contributed by atoms with Gasteiger partial charge in [0.1, 0.15) is 10.8 Å². The maximum Gasteiger partial charge on any atom is 0.142 e. The summed E-state index contributed by atoms with van der Waals surface area (Å²) in [5, 5.41) is 4.27. The third kappa shape index (κ3) is 3.28. The van der Waals surface area contributed by atoms with E-state index in [1.54, 1.807) is 23.5 Å². The monoisotopic (exact) mass is 284 g/mol. The van der Waals surface area contributed by atoms with Crippen molar-refractivity contribution in [3.63, 3.8) is 0 Å². The molecular weight excluding hydrogens is 271 g/mol. The summed E-state index contributed by atoms with van der Waals surface area (Å²) in [5.74, 6) is -0.411. The summed E-state index contributed by atoms with van der Waals surface area (Å²) in [6.07, 6.45) is 1.82. The molecule has 2 aromatic rings. The molecule has 0 fully saturated rings. The van der Waals surface area contributed by atoms with Gasteiger partial charge in [0.15, 0.2) is 0 Å². The summed E-state index contributed by atoms with van der Waals surface area (Å²) in [4.78, 5) is 5.44. The van der Waals surface area contributed by atoms with Crippen molar-refractivity contribution in [3.8, 4) is 10.6 Å². The smallest absolute Gasteiger partial charge is 0.142 e. The Hall–Kier alpha value is -0.970. The number of aromatic nitrogens is 1. The molecule has 1 N–H and O–H groups in total. The Labute approximate surface area is 115 Å². The summed E-state index contributed by atoms with van der Waals surface area (Å²) in [6.45, 7) is 4.97. The van der Waals surface area contributed by atoms with E-state index in [0.29, 0.717) is 6.04 Å². The number of thiazole rings is 1. The Morgan fingerprint density at radius 2 is 2.22 bits per heavy atom. The van der Waals surface area contributed by atoms with Crippen LogP contribution in [-0.2, 0) is 6.54 Å².